The summed E-state index contributed by atoms with van der Waals surface area (Å²) in [6, 6.07) is 1.62. The normalized spacial score (nSPS) is 23.9. The topological polar surface area (TPSA) is 95.8 Å². The SMILES string of the molecule is COCCC[C@@]1(CO)CN(C(=O)c2ccnc(C(C)C)n2)CC[C@H]1O. The highest BCUT2D eigenvalue weighted by molar-refractivity contribution is 5.92. The Balaban J connectivity index is 2.16. The third kappa shape index (κ3) is 4.54. The van der Waals surface area contributed by atoms with Gasteiger partial charge >= 0.3 is 0 Å². The van der Waals surface area contributed by atoms with Gasteiger partial charge in [-0.05, 0) is 25.3 Å². The molecule has 2 atom stereocenters. The summed E-state index contributed by atoms with van der Waals surface area (Å²) in [5.74, 6) is 0.596. The Bertz CT molecular complexity index is 581. The predicted octanol–water partition coefficient (Wildman–Crippen LogP) is 1.21. The Morgan fingerprint density at radius 1 is 1.52 bits per heavy atom. The fourth-order valence-electron chi connectivity index (χ4n) is 3.30. The third-order valence-corrected chi connectivity index (χ3v) is 4.92. The molecule has 0 spiro atoms. The second kappa shape index (κ2) is 8.69. The molecule has 7 heteroatoms. The van der Waals surface area contributed by atoms with Gasteiger partial charge in [-0.25, -0.2) is 9.97 Å². The summed E-state index contributed by atoms with van der Waals surface area (Å²) >= 11 is 0. The Kier molecular flexibility index (Phi) is 6.87. The summed E-state index contributed by atoms with van der Waals surface area (Å²) in [5, 5.41) is 20.4. The molecule has 0 bridgehead atoms. The van der Waals surface area contributed by atoms with Gasteiger partial charge in [-0.3, -0.25) is 4.79 Å². The molecule has 2 N–H and O–H groups in total. The summed E-state index contributed by atoms with van der Waals surface area (Å²) in [4.78, 5) is 23.1. The molecular weight excluding hydrogens is 322 g/mol. The van der Waals surface area contributed by atoms with Crippen molar-refractivity contribution >= 4 is 5.91 Å². The van der Waals surface area contributed by atoms with Crippen LogP contribution < -0.4 is 0 Å². The van der Waals surface area contributed by atoms with Crippen LogP contribution >= 0.6 is 0 Å². The maximum atomic E-state index is 12.9. The zero-order chi connectivity index (χ0) is 18.4. The van der Waals surface area contributed by atoms with Crippen LogP contribution in [-0.2, 0) is 4.74 Å². The van der Waals surface area contributed by atoms with E-state index in [2.05, 4.69) is 9.97 Å². The van der Waals surface area contributed by atoms with Gasteiger partial charge in [0.05, 0.1) is 12.7 Å². The number of nitrogens with zero attached hydrogens (tertiary/aromatic N) is 3. The maximum absolute atomic E-state index is 12.9. The van der Waals surface area contributed by atoms with Gasteiger partial charge in [0.2, 0.25) is 0 Å². The smallest absolute Gasteiger partial charge is 0.272 e. The number of hydrogen-bond acceptors (Lipinski definition) is 6. The molecule has 1 aliphatic heterocycles. The van der Waals surface area contributed by atoms with E-state index < -0.39 is 11.5 Å². The van der Waals surface area contributed by atoms with Gasteiger partial charge in [-0.1, -0.05) is 13.8 Å². The standard InChI is InChI=1S/C18H29N3O4/c1-13(2)16-19-8-5-14(20-16)17(24)21-9-6-15(23)18(11-21,12-22)7-4-10-25-3/h5,8,13,15,22-23H,4,6-7,9-12H2,1-3H3/t15-,18+/m1/s1. The molecule has 25 heavy (non-hydrogen) atoms. The molecule has 1 aromatic heterocycles. The van der Waals surface area contributed by atoms with Crippen LogP contribution in [-0.4, -0.2) is 70.5 Å². The van der Waals surface area contributed by atoms with E-state index >= 15 is 0 Å². The summed E-state index contributed by atoms with van der Waals surface area (Å²) in [6.07, 6.45) is 2.74. The van der Waals surface area contributed by atoms with Gasteiger partial charge in [0, 0.05) is 44.3 Å². The van der Waals surface area contributed by atoms with Crippen molar-refractivity contribution in [3.05, 3.63) is 23.8 Å². The van der Waals surface area contributed by atoms with Crippen LogP contribution in [0.1, 0.15) is 55.3 Å². The van der Waals surface area contributed by atoms with Gasteiger partial charge in [-0.2, -0.15) is 0 Å². The minimum absolute atomic E-state index is 0.140. The number of likely N-dealkylation sites (tertiary alicyclic amines) is 1. The fourth-order valence-corrected chi connectivity index (χ4v) is 3.30. The van der Waals surface area contributed by atoms with Crippen LogP contribution in [0.5, 0.6) is 0 Å². The second-order valence-electron chi connectivity index (χ2n) is 7.10. The van der Waals surface area contributed by atoms with Crippen LogP contribution in [0.25, 0.3) is 0 Å². The first-order valence-electron chi connectivity index (χ1n) is 8.83. The highest BCUT2D eigenvalue weighted by Crippen LogP contribution is 2.35. The summed E-state index contributed by atoms with van der Waals surface area (Å²) in [7, 11) is 1.63. The van der Waals surface area contributed by atoms with Crippen molar-refractivity contribution in [2.75, 3.05) is 33.4 Å². The van der Waals surface area contributed by atoms with Crippen molar-refractivity contribution in [1.29, 1.82) is 0 Å². The van der Waals surface area contributed by atoms with E-state index in [1.54, 1.807) is 24.3 Å². The van der Waals surface area contributed by atoms with Gasteiger partial charge in [0.15, 0.2) is 0 Å². The molecule has 0 unspecified atom stereocenters. The van der Waals surface area contributed by atoms with Crippen molar-refractivity contribution in [3.8, 4) is 0 Å². The average molecular weight is 351 g/mol. The number of piperidine rings is 1. The molecule has 2 heterocycles. The number of hydrogen-bond donors (Lipinski definition) is 2. The number of ether oxygens (including phenoxy) is 1. The molecule has 2 rings (SSSR count). The molecule has 0 saturated carbocycles. The fraction of sp³-hybridized carbons (Fsp3) is 0.722. The Morgan fingerprint density at radius 3 is 2.92 bits per heavy atom. The zero-order valence-corrected chi connectivity index (χ0v) is 15.3. The van der Waals surface area contributed by atoms with Crippen molar-refractivity contribution < 1.29 is 19.7 Å². The van der Waals surface area contributed by atoms with Crippen LogP contribution in [0.15, 0.2) is 12.3 Å². The number of rotatable bonds is 7. The molecule has 1 aromatic rings. The molecule has 1 aliphatic rings. The maximum Gasteiger partial charge on any atom is 0.272 e. The van der Waals surface area contributed by atoms with E-state index in [0.717, 1.165) is 6.42 Å². The molecule has 0 aromatic carbocycles. The lowest BCUT2D eigenvalue weighted by Gasteiger charge is -2.45. The number of amides is 1. The van der Waals surface area contributed by atoms with E-state index in [-0.39, 0.29) is 18.4 Å². The predicted molar refractivity (Wildman–Crippen MR) is 93.3 cm³/mol. The van der Waals surface area contributed by atoms with Crippen molar-refractivity contribution in [3.63, 3.8) is 0 Å². The summed E-state index contributed by atoms with van der Waals surface area (Å²) in [5.41, 5.74) is -0.348. The summed E-state index contributed by atoms with van der Waals surface area (Å²) in [6.45, 7) is 5.12. The molecule has 140 valence electrons. The first kappa shape index (κ1) is 19.8. The molecule has 0 aliphatic carbocycles. The van der Waals surface area contributed by atoms with Crippen LogP contribution in [0.4, 0.5) is 0 Å². The number of carbonyl (C=O) groups is 1. The van der Waals surface area contributed by atoms with Gasteiger partial charge in [-0.15, -0.1) is 0 Å². The number of aromatic nitrogens is 2. The largest absolute Gasteiger partial charge is 0.396 e. The first-order valence-corrected chi connectivity index (χ1v) is 8.83. The Morgan fingerprint density at radius 2 is 2.28 bits per heavy atom. The van der Waals surface area contributed by atoms with Gasteiger partial charge in [0.1, 0.15) is 11.5 Å². The Labute approximate surface area is 149 Å². The molecule has 1 fully saturated rings. The number of aliphatic hydroxyl groups is 2. The first-order chi connectivity index (χ1) is 11.9. The van der Waals surface area contributed by atoms with E-state index in [1.165, 1.54) is 0 Å². The van der Waals surface area contributed by atoms with E-state index in [1.807, 2.05) is 13.8 Å². The van der Waals surface area contributed by atoms with Crippen LogP contribution in [0, 0.1) is 5.41 Å². The molecule has 1 saturated heterocycles. The molecule has 1 amide bonds. The third-order valence-electron chi connectivity index (χ3n) is 4.92. The van der Waals surface area contributed by atoms with Crippen LogP contribution in [0.3, 0.4) is 0 Å². The number of carbonyl (C=O) groups excluding carboxylic acids is 1. The van der Waals surface area contributed by atoms with Crippen molar-refractivity contribution in [2.24, 2.45) is 5.41 Å². The zero-order valence-electron chi connectivity index (χ0n) is 15.3. The lowest BCUT2D eigenvalue weighted by atomic mass is 9.74. The lowest BCUT2D eigenvalue weighted by Crippen LogP contribution is -2.55. The van der Waals surface area contributed by atoms with E-state index in [4.69, 9.17) is 4.74 Å². The minimum Gasteiger partial charge on any atom is -0.396 e. The van der Waals surface area contributed by atoms with Crippen molar-refractivity contribution in [1.82, 2.24) is 14.9 Å². The monoisotopic (exact) mass is 351 g/mol. The quantitative estimate of drug-likeness (QED) is 0.717. The van der Waals surface area contributed by atoms with E-state index in [9.17, 15) is 15.0 Å². The van der Waals surface area contributed by atoms with Crippen molar-refractivity contribution in [2.45, 2.75) is 45.1 Å². The summed E-state index contributed by atoms with van der Waals surface area (Å²) < 4.78 is 5.08. The van der Waals surface area contributed by atoms with Gasteiger partial charge < -0.3 is 19.8 Å². The lowest BCUT2D eigenvalue weighted by molar-refractivity contribution is -0.0746. The molecule has 0 radical (unpaired) electrons. The Hall–Kier alpha value is -1.57. The highest BCUT2D eigenvalue weighted by atomic mass is 16.5. The molecular formula is C18H29N3O4. The average Bonchev–Trinajstić information content (AvgIpc) is 2.63. The highest BCUT2D eigenvalue weighted by Gasteiger charge is 2.43. The van der Waals surface area contributed by atoms with Crippen LogP contribution in [0.2, 0.25) is 0 Å². The molecule has 7 nitrogen and oxygen atoms in total. The number of methoxy groups -OCH3 is 1. The number of aliphatic hydroxyl groups excluding tert-OH is 2. The van der Waals surface area contributed by atoms with Gasteiger partial charge in [0.25, 0.3) is 5.91 Å². The second-order valence-corrected chi connectivity index (χ2v) is 7.10. The minimum atomic E-state index is -0.708. The van der Waals surface area contributed by atoms with E-state index in [0.29, 0.717) is 44.1 Å².